The third kappa shape index (κ3) is 3.76. The third-order valence-corrected chi connectivity index (χ3v) is 4.51. The Kier molecular flexibility index (Phi) is 4.94. The standard InChI is InChI=1S/C17H17ClF3N3O/c1-25-15-5-3-2-4-14(15)23-6-8-24(9-7-23)16-13(18)10-12(11-22-16)17(19,20)21/h2-5,10-11H,6-9H2,1H3/p+1. The molecule has 0 bridgehead atoms. The lowest BCUT2D eigenvalue weighted by molar-refractivity contribution is -0.367. The van der Waals surface area contributed by atoms with Gasteiger partial charge in [-0.3, -0.25) is 4.90 Å². The predicted molar refractivity (Wildman–Crippen MR) is 90.4 cm³/mol. The Balaban J connectivity index is 1.72. The highest BCUT2D eigenvalue weighted by Crippen LogP contribution is 2.33. The van der Waals surface area contributed by atoms with Crippen molar-refractivity contribution < 1.29 is 22.9 Å². The number of hydrogen-bond acceptors (Lipinski definition) is 3. The Morgan fingerprint density at radius 2 is 1.72 bits per heavy atom. The third-order valence-electron chi connectivity index (χ3n) is 4.22. The van der Waals surface area contributed by atoms with E-state index in [2.05, 4.69) is 9.88 Å². The summed E-state index contributed by atoms with van der Waals surface area (Å²) in [6.45, 7) is 2.70. The monoisotopic (exact) mass is 372 g/mol. The normalized spacial score (nSPS) is 15.4. The lowest BCUT2D eigenvalue weighted by atomic mass is 10.2. The number of nitrogens with one attached hydrogen (secondary N) is 1. The molecule has 1 aliphatic heterocycles. The van der Waals surface area contributed by atoms with Gasteiger partial charge in [0, 0.05) is 0 Å². The molecule has 0 spiro atoms. The van der Waals surface area contributed by atoms with Gasteiger partial charge < -0.3 is 9.64 Å². The first-order chi connectivity index (χ1) is 11.9. The molecule has 0 unspecified atom stereocenters. The van der Waals surface area contributed by atoms with Gasteiger partial charge in [0.05, 0.1) is 31.5 Å². The first-order valence-corrected chi connectivity index (χ1v) is 8.19. The quantitative estimate of drug-likeness (QED) is 0.826. The predicted octanol–water partition coefficient (Wildman–Crippen LogP) is 3.51. The molecule has 0 amide bonds. The molecule has 8 heteroatoms. The molecule has 2 heterocycles. The molecule has 1 N–H and O–H groups in total. The number of nitrogens with zero attached hydrogens (tertiary/aromatic N) is 2. The number of rotatable bonds is 3. The van der Waals surface area contributed by atoms with Crippen LogP contribution in [-0.4, -0.2) is 33.3 Å². The molecule has 3 rings (SSSR count). The van der Waals surface area contributed by atoms with Crippen molar-refractivity contribution in [3.8, 4) is 5.75 Å². The smallest absolute Gasteiger partial charge is 0.419 e. The molecule has 0 saturated carbocycles. The molecule has 0 aliphatic carbocycles. The zero-order valence-electron chi connectivity index (χ0n) is 13.6. The maximum absolute atomic E-state index is 12.7. The van der Waals surface area contributed by atoms with Crippen molar-refractivity contribution >= 4 is 23.1 Å². The number of alkyl halides is 3. The highest BCUT2D eigenvalue weighted by Gasteiger charge is 2.34. The van der Waals surface area contributed by atoms with Crippen molar-refractivity contribution in [1.29, 1.82) is 0 Å². The van der Waals surface area contributed by atoms with Gasteiger partial charge in [0.2, 0.25) is 0 Å². The molecule has 0 atom stereocenters. The van der Waals surface area contributed by atoms with E-state index in [0.717, 1.165) is 23.7 Å². The summed E-state index contributed by atoms with van der Waals surface area (Å²) < 4.78 is 43.6. The number of aromatic amines is 1. The average molecular weight is 373 g/mol. The first-order valence-electron chi connectivity index (χ1n) is 7.81. The van der Waals surface area contributed by atoms with Crippen molar-refractivity contribution in [2.75, 3.05) is 43.1 Å². The van der Waals surface area contributed by atoms with Gasteiger partial charge in [0.25, 0.3) is 5.82 Å². The molecule has 4 nitrogen and oxygen atoms in total. The van der Waals surface area contributed by atoms with Gasteiger partial charge in [0.1, 0.15) is 30.1 Å². The Bertz CT molecular complexity index is 746. The number of ether oxygens (including phenoxy) is 1. The van der Waals surface area contributed by atoms with E-state index in [1.165, 1.54) is 0 Å². The summed E-state index contributed by atoms with van der Waals surface area (Å²) in [5.74, 6) is 1.31. The summed E-state index contributed by atoms with van der Waals surface area (Å²) in [6, 6.07) is 8.72. The summed E-state index contributed by atoms with van der Waals surface area (Å²) in [6.07, 6.45) is -3.46. The molecule has 1 fully saturated rings. The average Bonchev–Trinajstić information content (AvgIpc) is 2.61. The fourth-order valence-corrected chi connectivity index (χ4v) is 3.22. The van der Waals surface area contributed by atoms with Gasteiger partial charge in [-0.2, -0.15) is 13.2 Å². The van der Waals surface area contributed by atoms with E-state index in [1.807, 2.05) is 29.2 Å². The zero-order chi connectivity index (χ0) is 18.0. The fourth-order valence-electron chi connectivity index (χ4n) is 2.93. The number of anilines is 2. The van der Waals surface area contributed by atoms with Gasteiger partial charge in [-0.15, -0.1) is 0 Å². The minimum absolute atomic E-state index is 0.0700. The Morgan fingerprint density at radius 3 is 2.32 bits per heavy atom. The number of halogens is 4. The lowest BCUT2D eigenvalue weighted by Gasteiger charge is -2.33. The summed E-state index contributed by atoms with van der Waals surface area (Å²) in [7, 11) is 1.63. The number of hydrogen-bond donors (Lipinski definition) is 0. The Labute approximate surface area is 148 Å². The topological polar surface area (TPSA) is 29.9 Å². The molecule has 1 aromatic heterocycles. The summed E-state index contributed by atoms with van der Waals surface area (Å²) in [5, 5.41) is 0.0700. The van der Waals surface area contributed by atoms with E-state index in [-0.39, 0.29) is 5.02 Å². The van der Waals surface area contributed by atoms with E-state index < -0.39 is 11.7 Å². The first kappa shape index (κ1) is 17.7. The van der Waals surface area contributed by atoms with Crippen LogP contribution < -0.4 is 19.5 Å². The maximum atomic E-state index is 12.7. The van der Waals surface area contributed by atoms with E-state index in [9.17, 15) is 13.2 Å². The molecule has 25 heavy (non-hydrogen) atoms. The van der Waals surface area contributed by atoms with Gasteiger partial charge in [-0.05, 0) is 18.2 Å². The molecule has 134 valence electrons. The largest absolute Gasteiger partial charge is 0.495 e. The van der Waals surface area contributed by atoms with Gasteiger partial charge in [-0.1, -0.05) is 23.7 Å². The molecular formula is C17H18ClF3N3O+. The second-order valence-electron chi connectivity index (χ2n) is 5.73. The van der Waals surface area contributed by atoms with Crippen molar-refractivity contribution in [2.45, 2.75) is 6.18 Å². The summed E-state index contributed by atoms with van der Waals surface area (Å²) in [5.41, 5.74) is 0.223. The van der Waals surface area contributed by atoms with Gasteiger partial charge in [0.15, 0.2) is 0 Å². The van der Waals surface area contributed by atoms with Crippen LogP contribution in [0, 0.1) is 0 Å². The fraction of sp³-hybridized carbons (Fsp3) is 0.353. The lowest BCUT2D eigenvalue weighted by Crippen LogP contribution is -2.48. The van der Waals surface area contributed by atoms with E-state index in [4.69, 9.17) is 16.3 Å². The van der Waals surface area contributed by atoms with Crippen LogP contribution in [0.1, 0.15) is 5.56 Å². The van der Waals surface area contributed by atoms with Crippen molar-refractivity contribution in [2.24, 2.45) is 0 Å². The number of piperazine rings is 1. The number of pyridine rings is 1. The number of H-pyrrole nitrogens is 1. The molecule has 0 radical (unpaired) electrons. The zero-order valence-corrected chi connectivity index (χ0v) is 14.4. The van der Waals surface area contributed by atoms with Crippen LogP contribution in [0.2, 0.25) is 5.02 Å². The Morgan fingerprint density at radius 1 is 1.08 bits per heavy atom. The SMILES string of the molecule is COc1ccccc1N1CCN(c2[nH+]cc(C(F)(F)F)cc2Cl)CC1. The van der Waals surface area contributed by atoms with Gasteiger partial charge in [-0.25, -0.2) is 4.98 Å². The van der Waals surface area contributed by atoms with E-state index in [0.29, 0.717) is 32.0 Å². The second-order valence-corrected chi connectivity index (χ2v) is 6.14. The van der Waals surface area contributed by atoms with Gasteiger partial charge >= 0.3 is 6.18 Å². The van der Waals surface area contributed by atoms with Crippen LogP contribution in [0.15, 0.2) is 36.5 Å². The molecule has 1 aromatic carbocycles. The Hall–Kier alpha value is -2.15. The van der Waals surface area contributed by atoms with Crippen molar-refractivity contribution in [1.82, 2.24) is 0 Å². The maximum Gasteiger partial charge on any atom is 0.419 e. The molecule has 2 aromatic rings. The molecule has 1 aliphatic rings. The van der Waals surface area contributed by atoms with Crippen LogP contribution in [-0.2, 0) is 6.18 Å². The number of aromatic nitrogens is 1. The van der Waals surface area contributed by atoms with E-state index >= 15 is 0 Å². The highest BCUT2D eigenvalue weighted by atomic mass is 35.5. The minimum Gasteiger partial charge on any atom is -0.495 e. The molecular weight excluding hydrogens is 355 g/mol. The van der Waals surface area contributed by atoms with Crippen LogP contribution in [0.4, 0.5) is 24.7 Å². The van der Waals surface area contributed by atoms with E-state index in [1.54, 1.807) is 7.11 Å². The van der Waals surface area contributed by atoms with Crippen LogP contribution in [0.25, 0.3) is 0 Å². The minimum atomic E-state index is -4.42. The second kappa shape index (κ2) is 7.00. The number of para-hydroxylation sites is 2. The number of benzene rings is 1. The van der Waals surface area contributed by atoms with Crippen molar-refractivity contribution in [3.63, 3.8) is 0 Å². The highest BCUT2D eigenvalue weighted by molar-refractivity contribution is 6.32. The van der Waals surface area contributed by atoms with Crippen LogP contribution in [0.3, 0.4) is 0 Å². The van der Waals surface area contributed by atoms with Crippen LogP contribution >= 0.6 is 11.6 Å². The summed E-state index contributed by atoms with van der Waals surface area (Å²) in [4.78, 5) is 6.83. The molecule has 1 saturated heterocycles. The van der Waals surface area contributed by atoms with Crippen LogP contribution in [0.5, 0.6) is 5.75 Å². The number of methoxy groups -OCH3 is 1. The summed E-state index contributed by atoms with van der Waals surface area (Å²) >= 11 is 6.06. The van der Waals surface area contributed by atoms with Crippen molar-refractivity contribution in [3.05, 3.63) is 47.1 Å².